The number of urea groups is 1. The number of amides is 2. The van der Waals surface area contributed by atoms with Gasteiger partial charge in [0, 0.05) is 11.7 Å². The van der Waals surface area contributed by atoms with Gasteiger partial charge in [0.2, 0.25) is 0 Å². The molecule has 6 rings (SSSR count). The van der Waals surface area contributed by atoms with Crippen molar-refractivity contribution in [1.29, 1.82) is 0 Å². The van der Waals surface area contributed by atoms with Gasteiger partial charge in [-0.05, 0) is 85.6 Å². The molecule has 28 heavy (non-hydrogen) atoms. The fourth-order valence-corrected chi connectivity index (χ4v) is 5.85. The quantitative estimate of drug-likeness (QED) is 0.752. The van der Waals surface area contributed by atoms with Crippen molar-refractivity contribution in [3.05, 3.63) is 60.2 Å². The van der Waals surface area contributed by atoms with Crippen molar-refractivity contribution >= 4 is 11.7 Å². The number of rotatable bonds is 5. The largest absolute Gasteiger partial charge is 0.489 e. The summed E-state index contributed by atoms with van der Waals surface area (Å²) in [6, 6.07) is 18.0. The Morgan fingerprint density at radius 2 is 1.50 bits per heavy atom. The molecule has 0 heterocycles. The van der Waals surface area contributed by atoms with Crippen molar-refractivity contribution < 1.29 is 9.53 Å². The molecule has 2 amide bonds. The van der Waals surface area contributed by atoms with Gasteiger partial charge in [-0.2, -0.15) is 0 Å². The minimum atomic E-state index is -0.0737. The summed E-state index contributed by atoms with van der Waals surface area (Å²) in [5, 5.41) is 6.29. The van der Waals surface area contributed by atoms with E-state index in [9.17, 15) is 4.79 Å². The summed E-state index contributed by atoms with van der Waals surface area (Å²) in [5.41, 5.74) is 1.94. The maximum atomic E-state index is 12.5. The van der Waals surface area contributed by atoms with E-state index in [0.717, 1.165) is 28.8 Å². The summed E-state index contributed by atoms with van der Waals surface area (Å²) in [7, 11) is 0. The van der Waals surface area contributed by atoms with Crippen LogP contribution in [0.15, 0.2) is 54.6 Å². The molecular weight excluding hydrogens is 348 g/mol. The zero-order valence-corrected chi connectivity index (χ0v) is 16.1. The molecule has 4 fully saturated rings. The first-order valence-corrected chi connectivity index (χ1v) is 10.6. The van der Waals surface area contributed by atoms with E-state index in [1.54, 1.807) is 0 Å². The van der Waals surface area contributed by atoms with Gasteiger partial charge in [0.15, 0.2) is 0 Å². The summed E-state index contributed by atoms with van der Waals surface area (Å²) < 4.78 is 5.81. The number of ether oxygens (including phenoxy) is 1. The zero-order valence-electron chi connectivity index (χ0n) is 16.1. The Kier molecular flexibility index (Phi) is 4.71. The molecule has 2 N–H and O–H groups in total. The average Bonchev–Trinajstić information content (AvgIpc) is 2.70. The highest BCUT2D eigenvalue weighted by atomic mass is 16.5. The highest BCUT2D eigenvalue weighted by Gasteiger charge is 2.48. The number of hydrogen-bond donors (Lipinski definition) is 2. The predicted octanol–water partition coefficient (Wildman–Crippen LogP) is 5.21. The number of hydrogen-bond acceptors (Lipinski definition) is 2. The standard InChI is InChI=1S/C24H28N2O2/c27-24(26-23-19-11-17-10-18(13-19)14-20(23)12-17)25-21-6-8-22(9-7-21)28-15-16-4-2-1-3-5-16/h1-9,17-20,23H,10-15H2,(H2,25,26,27). The van der Waals surface area contributed by atoms with Crippen LogP contribution >= 0.6 is 0 Å². The Labute approximate surface area is 166 Å². The van der Waals surface area contributed by atoms with Crippen LogP contribution in [0.5, 0.6) is 5.75 Å². The summed E-state index contributed by atoms with van der Waals surface area (Å²) in [4.78, 5) is 12.5. The normalized spacial score (nSPS) is 30.1. The van der Waals surface area contributed by atoms with Crippen LogP contribution in [0.2, 0.25) is 0 Å². The number of carbonyl (C=O) groups is 1. The van der Waals surface area contributed by atoms with E-state index in [0.29, 0.717) is 24.5 Å². The third-order valence-corrected chi connectivity index (χ3v) is 6.89. The summed E-state index contributed by atoms with van der Waals surface area (Å²) in [6.45, 7) is 0.542. The molecule has 4 saturated carbocycles. The van der Waals surface area contributed by atoms with E-state index in [1.807, 2.05) is 54.6 Å². The molecule has 0 aromatic heterocycles. The summed E-state index contributed by atoms with van der Waals surface area (Å²) in [6.07, 6.45) is 6.68. The molecule has 0 radical (unpaired) electrons. The van der Waals surface area contributed by atoms with E-state index >= 15 is 0 Å². The van der Waals surface area contributed by atoms with Crippen molar-refractivity contribution in [2.75, 3.05) is 5.32 Å². The number of anilines is 1. The number of benzene rings is 2. The number of carbonyl (C=O) groups excluding carboxylic acids is 1. The van der Waals surface area contributed by atoms with E-state index in [1.165, 1.54) is 32.1 Å². The van der Waals surface area contributed by atoms with Crippen molar-refractivity contribution in [2.45, 2.75) is 44.8 Å². The SMILES string of the molecule is O=C(Nc1ccc(OCc2ccccc2)cc1)NC1C2CC3CC(C2)CC1C3. The molecule has 4 nitrogen and oxygen atoms in total. The molecule has 0 saturated heterocycles. The third-order valence-electron chi connectivity index (χ3n) is 6.89. The third kappa shape index (κ3) is 3.73. The van der Waals surface area contributed by atoms with Gasteiger partial charge in [-0.1, -0.05) is 30.3 Å². The second-order valence-electron chi connectivity index (χ2n) is 8.85. The predicted molar refractivity (Wildman–Crippen MR) is 110 cm³/mol. The molecule has 0 aliphatic heterocycles. The molecule has 0 atom stereocenters. The van der Waals surface area contributed by atoms with Crippen molar-refractivity contribution in [3.8, 4) is 5.75 Å². The lowest BCUT2D eigenvalue weighted by atomic mass is 9.54. The van der Waals surface area contributed by atoms with E-state index in [-0.39, 0.29) is 6.03 Å². The van der Waals surface area contributed by atoms with Crippen LogP contribution < -0.4 is 15.4 Å². The van der Waals surface area contributed by atoms with Gasteiger partial charge in [0.1, 0.15) is 12.4 Å². The van der Waals surface area contributed by atoms with Crippen molar-refractivity contribution in [2.24, 2.45) is 23.7 Å². The highest BCUT2D eigenvalue weighted by Crippen LogP contribution is 2.53. The molecule has 4 aliphatic carbocycles. The Hall–Kier alpha value is -2.49. The first kappa shape index (κ1) is 17.6. The van der Waals surface area contributed by atoms with Gasteiger partial charge in [-0.15, -0.1) is 0 Å². The highest BCUT2D eigenvalue weighted by molar-refractivity contribution is 5.89. The molecule has 2 aromatic rings. The van der Waals surface area contributed by atoms with Gasteiger partial charge in [-0.3, -0.25) is 0 Å². The van der Waals surface area contributed by atoms with Crippen molar-refractivity contribution in [1.82, 2.24) is 5.32 Å². The molecular formula is C24H28N2O2. The molecule has 2 aromatic carbocycles. The van der Waals surface area contributed by atoms with Crippen LogP contribution in [0.25, 0.3) is 0 Å². The van der Waals surface area contributed by atoms with Crippen LogP contribution in [0, 0.1) is 23.7 Å². The first-order chi connectivity index (χ1) is 13.7. The second kappa shape index (κ2) is 7.50. The fraction of sp³-hybridized carbons (Fsp3) is 0.458. The van der Waals surface area contributed by atoms with Gasteiger partial charge >= 0.3 is 6.03 Å². The molecule has 146 valence electrons. The molecule has 0 unspecified atom stereocenters. The van der Waals surface area contributed by atoms with E-state index in [2.05, 4.69) is 10.6 Å². The van der Waals surface area contributed by atoms with E-state index in [4.69, 9.17) is 4.74 Å². The fourth-order valence-electron chi connectivity index (χ4n) is 5.85. The Balaban J connectivity index is 1.14. The van der Waals surface area contributed by atoms with Crippen LogP contribution in [0.1, 0.15) is 37.7 Å². The Morgan fingerprint density at radius 3 is 2.14 bits per heavy atom. The average molecular weight is 377 g/mol. The smallest absolute Gasteiger partial charge is 0.319 e. The summed E-state index contributed by atoms with van der Waals surface area (Å²) in [5.74, 6) is 4.03. The monoisotopic (exact) mass is 376 g/mol. The van der Waals surface area contributed by atoms with Crippen LogP contribution in [-0.4, -0.2) is 12.1 Å². The van der Waals surface area contributed by atoms with Crippen molar-refractivity contribution in [3.63, 3.8) is 0 Å². The van der Waals surface area contributed by atoms with Gasteiger partial charge in [-0.25, -0.2) is 4.79 Å². The molecule has 4 aliphatic rings. The lowest BCUT2D eigenvalue weighted by Gasteiger charge is -2.54. The number of nitrogens with one attached hydrogen (secondary N) is 2. The Morgan fingerprint density at radius 1 is 0.857 bits per heavy atom. The molecule has 0 spiro atoms. The van der Waals surface area contributed by atoms with Gasteiger partial charge < -0.3 is 15.4 Å². The minimum absolute atomic E-state index is 0.0737. The first-order valence-electron chi connectivity index (χ1n) is 10.6. The molecule has 4 bridgehead atoms. The molecule has 4 heteroatoms. The maximum absolute atomic E-state index is 12.5. The van der Waals surface area contributed by atoms with Gasteiger partial charge in [0.05, 0.1) is 0 Å². The lowest BCUT2D eigenvalue weighted by molar-refractivity contribution is -0.00883. The van der Waals surface area contributed by atoms with Crippen LogP contribution in [-0.2, 0) is 6.61 Å². The second-order valence-corrected chi connectivity index (χ2v) is 8.85. The van der Waals surface area contributed by atoms with E-state index < -0.39 is 0 Å². The van der Waals surface area contributed by atoms with Gasteiger partial charge in [0.25, 0.3) is 0 Å². The maximum Gasteiger partial charge on any atom is 0.319 e. The Bertz CT molecular complexity index is 790. The van der Waals surface area contributed by atoms with Crippen LogP contribution in [0.4, 0.5) is 10.5 Å². The minimum Gasteiger partial charge on any atom is -0.489 e. The zero-order chi connectivity index (χ0) is 18.9. The summed E-state index contributed by atoms with van der Waals surface area (Å²) >= 11 is 0. The van der Waals surface area contributed by atoms with Crippen LogP contribution in [0.3, 0.4) is 0 Å². The lowest BCUT2D eigenvalue weighted by Crippen LogP contribution is -2.56. The topological polar surface area (TPSA) is 50.4 Å².